The first-order valence-electron chi connectivity index (χ1n) is 8.06. The summed E-state index contributed by atoms with van der Waals surface area (Å²) in [5, 5.41) is 4.64. The van der Waals surface area contributed by atoms with Crippen molar-refractivity contribution in [2.24, 2.45) is 0 Å². The first-order chi connectivity index (χ1) is 11.5. The number of H-pyrrole nitrogens is 1. The Hall–Kier alpha value is -1.69. The largest absolute Gasteiger partial charge is 0.338 e. The Kier molecular flexibility index (Phi) is 6.97. The molecular formula is C18H25ClN4S+2. The lowest BCUT2D eigenvalue weighted by molar-refractivity contribution is -0.857. The van der Waals surface area contributed by atoms with Gasteiger partial charge in [-0.3, -0.25) is 0 Å². The van der Waals surface area contributed by atoms with Gasteiger partial charge in [-0.05, 0) is 37.3 Å². The van der Waals surface area contributed by atoms with Crippen LogP contribution in [0.15, 0.2) is 48.8 Å². The van der Waals surface area contributed by atoms with Gasteiger partial charge in [-0.25, -0.2) is 4.98 Å². The molecule has 3 N–H and O–H groups in total. The number of rotatable bonds is 6. The van der Waals surface area contributed by atoms with Crippen LogP contribution in [0.2, 0.25) is 5.02 Å². The molecule has 4 nitrogen and oxygen atoms in total. The number of nitrogens with zero attached hydrogens (tertiary/aromatic N) is 1. The van der Waals surface area contributed by atoms with E-state index in [-0.39, 0.29) is 6.04 Å². The third-order valence-corrected chi connectivity index (χ3v) is 4.58. The summed E-state index contributed by atoms with van der Waals surface area (Å²) in [5.41, 5.74) is 2.02. The van der Waals surface area contributed by atoms with E-state index >= 15 is 0 Å². The van der Waals surface area contributed by atoms with Crippen LogP contribution in [-0.2, 0) is 0 Å². The van der Waals surface area contributed by atoms with E-state index in [1.807, 2.05) is 42.7 Å². The average molecular weight is 365 g/mol. The van der Waals surface area contributed by atoms with E-state index in [4.69, 9.17) is 23.8 Å². The highest BCUT2D eigenvalue weighted by atomic mass is 35.5. The highest BCUT2D eigenvalue weighted by Crippen LogP contribution is 2.23. The number of nitrogens with one attached hydrogen (secondary N) is 3. The molecule has 0 saturated carbocycles. The van der Waals surface area contributed by atoms with Crippen LogP contribution in [0.1, 0.15) is 18.5 Å². The normalized spacial score (nSPS) is 12.0. The number of halogens is 1. The first kappa shape index (κ1) is 18.6. The van der Waals surface area contributed by atoms with Crippen molar-refractivity contribution in [1.82, 2.24) is 4.90 Å². The summed E-state index contributed by atoms with van der Waals surface area (Å²) >= 11 is 11.9. The molecule has 0 bridgehead atoms. The fraction of sp³-hybridized carbons (Fsp3) is 0.333. The van der Waals surface area contributed by atoms with Gasteiger partial charge >= 0.3 is 0 Å². The summed E-state index contributed by atoms with van der Waals surface area (Å²) in [6, 6.07) is 11.9. The van der Waals surface area contributed by atoms with Crippen molar-refractivity contribution in [3.63, 3.8) is 0 Å². The van der Waals surface area contributed by atoms with E-state index in [2.05, 4.69) is 42.3 Å². The summed E-state index contributed by atoms with van der Waals surface area (Å²) in [6.45, 7) is 4.01. The first-order valence-corrected chi connectivity index (χ1v) is 8.85. The van der Waals surface area contributed by atoms with Gasteiger partial charge < -0.3 is 15.1 Å². The van der Waals surface area contributed by atoms with Gasteiger partial charge in [-0.1, -0.05) is 23.7 Å². The number of aromatic amines is 1. The minimum absolute atomic E-state index is 0.157. The average Bonchev–Trinajstić information content (AvgIpc) is 2.57. The van der Waals surface area contributed by atoms with Crippen LogP contribution in [0, 0.1) is 0 Å². The van der Waals surface area contributed by atoms with Crippen molar-refractivity contribution < 1.29 is 9.88 Å². The van der Waals surface area contributed by atoms with Crippen LogP contribution in [0.25, 0.3) is 0 Å². The molecule has 0 aliphatic carbocycles. The minimum atomic E-state index is 0.157. The molecule has 0 radical (unpaired) electrons. The van der Waals surface area contributed by atoms with Gasteiger partial charge in [-0.2, -0.15) is 0 Å². The second kappa shape index (κ2) is 8.97. The van der Waals surface area contributed by atoms with Crippen molar-refractivity contribution in [1.29, 1.82) is 0 Å². The second-order valence-corrected chi connectivity index (χ2v) is 6.87. The smallest absolute Gasteiger partial charge is 0.174 e. The quantitative estimate of drug-likeness (QED) is 0.770. The van der Waals surface area contributed by atoms with Gasteiger partial charge in [0.25, 0.3) is 0 Å². The Morgan fingerprint density at radius 3 is 2.67 bits per heavy atom. The Labute approximate surface area is 154 Å². The van der Waals surface area contributed by atoms with Crippen LogP contribution in [0.5, 0.6) is 0 Å². The Bertz CT molecular complexity index is 663. The van der Waals surface area contributed by atoms with Gasteiger partial charge in [0.1, 0.15) is 0 Å². The zero-order chi connectivity index (χ0) is 17.5. The van der Waals surface area contributed by atoms with E-state index in [1.54, 1.807) is 0 Å². The van der Waals surface area contributed by atoms with E-state index in [0.29, 0.717) is 10.1 Å². The summed E-state index contributed by atoms with van der Waals surface area (Å²) in [6.07, 6.45) is 3.92. The maximum Gasteiger partial charge on any atom is 0.174 e. The van der Waals surface area contributed by atoms with Crippen LogP contribution in [0.3, 0.4) is 0 Å². The highest BCUT2D eigenvalue weighted by Gasteiger charge is 2.21. The van der Waals surface area contributed by atoms with Gasteiger partial charge in [0.15, 0.2) is 17.5 Å². The molecule has 0 amide bonds. The summed E-state index contributed by atoms with van der Waals surface area (Å²) in [7, 11) is 4.29. The highest BCUT2D eigenvalue weighted by molar-refractivity contribution is 7.80. The number of hydrogen-bond acceptors (Lipinski definition) is 1. The summed E-state index contributed by atoms with van der Waals surface area (Å²) in [5.74, 6) is 0. The van der Waals surface area contributed by atoms with E-state index in [9.17, 15) is 0 Å². The lowest BCUT2D eigenvalue weighted by atomic mass is 10.1. The van der Waals surface area contributed by atoms with Gasteiger partial charge in [0, 0.05) is 11.6 Å². The molecule has 1 atom stereocenters. The standard InChI is InChI=1S/C18H23ClN4S/c1-14(15-7-6-10-20-13-15)23(12-11-22(2)3)18(24)21-17-9-5-4-8-16(17)19/h4-10,13-14H,11-12H2,1-3H3,(H,21,24)/p+2. The van der Waals surface area contributed by atoms with Gasteiger partial charge in [0.05, 0.1) is 43.9 Å². The van der Waals surface area contributed by atoms with E-state index in [0.717, 1.165) is 18.8 Å². The van der Waals surface area contributed by atoms with Crippen LogP contribution in [-0.4, -0.2) is 37.2 Å². The Morgan fingerprint density at radius 1 is 1.29 bits per heavy atom. The van der Waals surface area contributed by atoms with Crippen molar-refractivity contribution in [3.8, 4) is 0 Å². The molecule has 1 heterocycles. The molecule has 24 heavy (non-hydrogen) atoms. The van der Waals surface area contributed by atoms with Crippen LogP contribution >= 0.6 is 23.8 Å². The number of quaternary nitrogens is 1. The number of hydrogen-bond donors (Lipinski definition) is 2. The van der Waals surface area contributed by atoms with Crippen molar-refractivity contribution in [3.05, 3.63) is 59.4 Å². The van der Waals surface area contributed by atoms with Crippen LogP contribution in [0.4, 0.5) is 5.69 Å². The molecular weight excluding hydrogens is 340 g/mol. The molecule has 2 rings (SSSR count). The lowest BCUT2D eigenvalue weighted by Gasteiger charge is -2.31. The van der Waals surface area contributed by atoms with Crippen LogP contribution < -0.4 is 15.2 Å². The molecule has 128 valence electrons. The zero-order valence-corrected chi connectivity index (χ0v) is 15.9. The molecule has 1 unspecified atom stereocenters. The Balaban J connectivity index is 2.18. The maximum absolute atomic E-state index is 6.25. The predicted octanol–water partition coefficient (Wildman–Crippen LogP) is 2.06. The molecule has 0 aliphatic heterocycles. The summed E-state index contributed by atoms with van der Waals surface area (Å²) in [4.78, 5) is 6.73. The SMILES string of the molecule is CC(c1ccc[nH+]c1)N(CC[NH+](C)C)C(=S)Nc1ccccc1Cl. The fourth-order valence-electron chi connectivity index (χ4n) is 2.41. The van der Waals surface area contributed by atoms with Gasteiger partial charge in [0.2, 0.25) is 0 Å². The third-order valence-electron chi connectivity index (χ3n) is 3.91. The molecule has 0 spiro atoms. The number of aromatic nitrogens is 1. The number of thiocarbonyl (C=S) groups is 1. The minimum Gasteiger partial charge on any atom is -0.338 e. The van der Waals surface area contributed by atoms with Crippen molar-refractivity contribution >= 4 is 34.6 Å². The number of para-hydroxylation sites is 1. The topological polar surface area (TPSA) is 33.9 Å². The number of benzene rings is 1. The number of likely N-dealkylation sites (N-methyl/N-ethyl adjacent to an activating group) is 1. The maximum atomic E-state index is 6.25. The molecule has 0 saturated heterocycles. The molecule has 1 aromatic heterocycles. The zero-order valence-electron chi connectivity index (χ0n) is 14.3. The fourth-order valence-corrected chi connectivity index (χ4v) is 2.95. The lowest BCUT2D eigenvalue weighted by Crippen LogP contribution is -3.06. The molecule has 0 aliphatic rings. The van der Waals surface area contributed by atoms with E-state index in [1.165, 1.54) is 10.5 Å². The molecule has 6 heteroatoms. The third kappa shape index (κ3) is 5.16. The monoisotopic (exact) mass is 364 g/mol. The number of pyridine rings is 1. The summed E-state index contributed by atoms with van der Waals surface area (Å²) < 4.78 is 0. The van der Waals surface area contributed by atoms with Crippen molar-refractivity contribution in [2.75, 3.05) is 32.5 Å². The molecule has 1 aromatic carbocycles. The Morgan fingerprint density at radius 2 is 2.04 bits per heavy atom. The second-order valence-electron chi connectivity index (χ2n) is 6.07. The molecule has 2 aromatic rings. The predicted molar refractivity (Wildman–Crippen MR) is 103 cm³/mol. The van der Waals surface area contributed by atoms with Gasteiger partial charge in [-0.15, -0.1) is 0 Å². The molecule has 0 fully saturated rings. The van der Waals surface area contributed by atoms with Crippen molar-refractivity contribution in [2.45, 2.75) is 13.0 Å². The number of anilines is 1. The van der Waals surface area contributed by atoms with E-state index < -0.39 is 0 Å².